The third kappa shape index (κ3) is 5.22. The Bertz CT molecular complexity index is 936. The number of aliphatic hydroxyl groups excluding tert-OH is 1. The molecule has 34 heavy (non-hydrogen) atoms. The molecule has 0 spiro atoms. The van der Waals surface area contributed by atoms with E-state index in [0.717, 1.165) is 63.8 Å². The molecule has 1 saturated heterocycles. The Kier molecular flexibility index (Phi) is 7.05. The summed E-state index contributed by atoms with van der Waals surface area (Å²) in [5.74, 6) is 0.571. The fourth-order valence-electron chi connectivity index (χ4n) is 5.75. The van der Waals surface area contributed by atoms with Crippen LogP contribution >= 0.6 is 0 Å². The molecule has 2 aromatic rings. The van der Waals surface area contributed by atoms with Gasteiger partial charge in [0, 0.05) is 30.5 Å². The van der Waals surface area contributed by atoms with Crippen molar-refractivity contribution in [3.8, 4) is 0 Å². The third-order valence-electron chi connectivity index (χ3n) is 8.49. The average molecular weight is 463 g/mol. The molecule has 5 heteroatoms. The number of ether oxygens (including phenoxy) is 1. The van der Waals surface area contributed by atoms with Crippen molar-refractivity contribution < 1.29 is 14.6 Å². The first-order valence-electron chi connectivity index (χ1n) is 12.9. The second kappa shape index (κ2) is 10.2. The highest BCUT2D eigenvalue weighted by Crippen LogP contribution is 2.45. The van der Waals surface area contributed by atoms with Gasteiger partial charge in [-0.25, -0.2) is 0 Å². The smallest absolute Gasteiger partial charge is 0.313 e. The summed E-state index contributed by atoms with van der Waals surface area (Å²) in [7, 11) is 0. The lowest BCUT2D eigenvalue weighted by Crippen LogP contribution is -2.53. The van der Waals surface area contributed by atoms with Gasteiger partial charge in [-0.15, -0.1) is 0 Å². The second-order valence-corrected chi connectivity index (χ2v) is 10.9. The van der Waals surface area contributed by atoms with Crippen LogP contribution in [0.2, 0.25) is 0 Å². The maximum absolute atomic E-state index is 13.0. The van der Waals surface area contributed by atoms with Crippen LogP contribution in [0.4, 0.5) is 0 Å². The Morgan fingerprint density at radius 1 is 1.00 bits per heavy atom. The van der Waals surface area contributed by atoms with Crippen LogP contribution in [0.1, 0.15) is 55.6 Å². The van der Waals surface area contributed by atoms with Crippen LogP contribution in [0.5, 0.6) is 0 Å². The first-order valence-corrected chi connectivity index (χ1v) is 12.9. The molecule has 0 unspecified atom stereocenters. The van der Waals surface area contributed by atoms with Crippen molar-refractivity contribution in [2.24, 2.45) is 10.8 Å². The van der Waals surface area contributed by atoms with Crippen LogP contribution in [0.25, 0.3) is 0 Å². The molecular weight excluding hydrogens is 424 g/mol. The first-order chi connectivity index (χ1) is 16.6. The van der Waals surface area contributed by atoms with Crippen molar-refractivity contribution in [3.63, 3.8) is 0 Å². The second-order valence-electron chi connectivity index (χ2n) is 10.9. The molecule has 3 aliphatic rings. The lowest BCUT2D eigenvalue weighted by Gasteiger charge is -2.47. The summed E-state index contributed by atoms with van der Waals surface area (Å²) in [6.07, 6.45) is 6.06. The molecule has 2 aromatic carbocycles. The molecule has 0 bridgehead atoms. The quantitative estimate of drug-likeness (QED) is 0.520. The van der Waals surface area contributed by atoms with Crippen molar-refractivity contribution >= 4 is 5.97 Å². The number of likely N-dealkylation sites (tertiary alicyclic amines) is 1. The fraction of sp³-hybridized carbons (Fsp3) is 0.552. The zero-order valence-electron chi connectivity index (χ0n) is 20.1. The standard InChI is InChI=1S/C29H38N2O3/c32-22-28(20-30-26-18-25(26)24-10-5-2-6-11-24)14-16-31(17-15-28)21-29(12-7-13-29)27(33)34-19-23-8-3-1-4-9-23/h1-6,8-11,25-26,30,32H,7,12-22H2/t25-,26+/m0/s1. The van der Waals surface area contributed by atoms with Crippen molar-refractivity contribution in [1.82, 2.24) is 10.2 Å². The zero-order chi connectivity index (χ0) is 23.4. The summed E-state index contributed by atoms with van der Waals surface area (Å²) in [5.41, 5.74) is 2.05. The number of hydrogen-bond acceptors (Lipinski definition) is 5. The van der Waals surface area contributed by atoms with E-state index in [1.165, 1.54) is 12.0 Å². The van der Waals surface area contributed by atoms with Gasteiger partial charge in [-0.1, -0.05) is 67.1 Å². The zero-order valence-corrected chi connectivity index (χ0v) is 20.1. The van der Waals surface area contributed by atoms with Gasteiger partial charge in [0.05, 0.1) is 12.0 Å². The van der Waals surface area contributed by atoms with Crippen molar-refractivity contribution in [2.75, 3.05) is 32.8 Å². The van der Waals surface area contributed by atoms with Crippen molar-refractivity contribution in [2.45, 2.75) is 57.1 Å². The van der Waals surface area contributed by atoms with Gasteiger partial charge in [-0.2, -0.15) is 0 Å². The number of piperidine rings is 1. The summed E-state index contributed by atoms with van der Waals surface area (Å²) in [5, 5.41) is 14.0. The molecule has 1 aliphatic heterocycles. The van der Waals surface area contributed by atoms with E-state index in [0.29, 0.717) is 18.6 Å². The van der Waals surface area contributed by atoms with Crippen LogP contribution in [0.3, 0.4) is 0 Å². The first kappa shape index (κ1) is 23.5. The van der Waals surface area contributed by atoms with Gasteiger partial charge in [-0.05, 0) is 56.3 Å². The molecule has 5 rings (SSSR count). The molecule has 5 nitrogen and oxygen atoms in total. The maximum Gasteiger partial charge on any atom is 0.313 e. The van der Waals surface area contributed by atoms with E-state index in [2.05, 4.69) is 40.5 Å². The normalized spacial score (nSPS) is 25.3. The minimum Gasteiger partial charge on any atom is -0.460 e. The van der Waals surface area contributed by atoms with Crippen LogP contribution in [0, 0.1) is 10.8 Å². The van der Waals surface area contributed by atoms with Gasteiger partial charge in [-0.3, -0.25) is 4.79 Å². The molecule has 3 fully saturated rings. The molecule has 1 heterocycles. The van der Waals surface area contributed by atoms with Crippen LogP contribution in [-0.4, -0.2) is 54.8 Å². The Labute approximate surface area is 203 Å². The molecule has 0 radical (unpaired) electrons. The predicted octanol–water partition coefficient (Wildman–Crippen LogP) is 4.12. The minimum atomic E-state index is -0.344. The molecule has 2 atom stereocenters. The molecule has 2 aliphatic carbocycles. The summed E-state index contributed by atoms with van der Waals surface area (Å²) in [6.45, 7) is 4.10. The Morgan fingerprint density at radius 2 is 1.68 bits per heavy atom. The fourth-order valence-corrected chi connectivity index (χ4v) is 5.75. The number of esters is 1. The number of carbonyl (C=O) groups excluding carboxylic acids is 1. The summed E-state index contributed by atoms with van der Waals surface area (Å²) in [6, 6.07) is 21.2. The van der Waals surface area contributed by atoms with E-state index >= 15 is 0 Å². The number of carbonyl (C=O) groups is 1. The van der Waals surface area contributed by atoms with E-state index < -0.39 is 0 Å². The van der Waals surface area contributed by atoms with Gasteiger partial charge in [0.25, 0.3) is 0 Å². The average Bonchev–Trinajstić information content (AvgIpc) is 3.65. The van der Waals surface area contributed by atoms with Gasteiger partial charge in [0.15, 0.2) is 0 Å². The van der Waals surface area contributed by atoms with Gasteiger partial charge < -0.3 is 20.1 Å². The molecule has 0 amide bonds. The highest BCUT2D eigenvalue weighted by Gasteiger charge is 2.48. The van der Waals surface area contributed by atoms with Crippen molar-refractivity contribution in [3.05, 3.63) is 71.8 Å². The monoisotopic (exact) mass is 462 g/mol. The minimum absolute atomic E-state index is 0.0380. The third-order valence-corrected chi connectivity index (χ3v) is 8.49. The maximum atomic E-state index is 13.0. The van der Waals surface area contributed by atoms with E-state index in [4.69, 9.17) is 4.74 Å². The topological polar surface area (TPSA) is 61.8 Å². The molecule has 182 valence electrons. The van der Waals surface area contributed by atoms with Gasteiger partial charge in [0.1, 0.15) is 6.61 Å². The van der Waals surface area contributed by atoms with E-state index in [1.54, 1.807) is 0 Å². The van der Waals surface area contributed by atoms with E-state index in [1.807, 2.05) is 30.3 Å². The lowest BCUT2D eigenvalue weighted by atomic mass is 9.68. The lowest BCUT2D eigenvalue weighted by molar-refractivity contribution is -0.165. The molecule has 2 saturated carbocycles. The largest absolute Gasteiger partial charge is 0.460 e. The van der Waals surface area contributed by atoms with E-state index in [-0.39, 0.29) is 23.4 Å². The highest BCUT2D eigenvalue weighted by molar-refractivity contribution is 5.78. The number of rotatable bonds is 10. The Morgan fingerprint density at radius 3 is 2.29 bits per heavy atom. The SMILES string of the molecule is O=C(OCc1ccccc1)C1(CN2CCC(CO)(CN[C@@H]3C[C@H]3c3ccccc3)CC2)CCC1. The molecular formula is C29H38N2O3. The van der Waals surface area contributed by atoms with Crippen LogP contribution in [0.15, 0.2) is 60.7 Å². The van der Waals surface area contributed by atoms with Gasteiger partial charge in [0.2, 0.25) is 0 Å². The van der Waals surface area contributed by atoms with Crippen LogP contribution in [-0.2, 0) is 16.1 Å². The summed E-state index contributed by atoms with van der Waals surface area (Å²) in [4.78, 5) is 15.4. The molecule has 0 aromatic heterocycles. The number of nitrogens with zero attached hydrogens (tertiary/aromatic N) is 1. The highest BCUT2D eigenvalue weighted by atomic mass is 16.5. The number of aliphatic hydroxyl groups is 1. The molecule has 2 N–H and O–H groups in total. The number of nitrogens with one attached hydrogen (secondary N) is 1. The summed E-state index contributed by atoms with van der Waals surface area (Å²) >= 11 is 0. The Balaban J connectivity index is 1.09. The Hall–Kier alpha value is -2.21. The van der Waals surface area contributed by atoms with Crippen LogP contribution < -0.4 is 5.32 Å². The van der Waals surface area contributed by atoms with Gasteiger partial charge >= 0.3 is 5.97 Å². The predicted molar refractivity (Wildman–Crippen MR) is 133 cm³/mol. The van der Waals surface area contributed by atoms with E-state index in [9.17, 15) is 9.90 Å². The summed E-state index contributed by atoms with van der Waals surface area (Å²) < 4.78 is 5.74. The van der Waals surface area contributed by atoms with Crippen molar-refractivity contribution in [1.29, 1.82) is 0 Å². The number of hydrogen-bond donors (Lipinski definition) is 2. The number of benzene rings is 2.